The fourth-order valence-corrected chi connectivity index (χ4v) is 5.15. The van der Waals surface area contributed by atoms with Gasteiger partial charge >= 0.3 is 5.97 Å². The number of anilines is 1. The maximum absolute atomic E-state index is 15.9. The van der Waals surface area contributed by atoms with Gasteiger partial charge in [-0.25, -0.2) is 13.6 Å². The molecule has 0 radical (unpaired) electrons. The van der Waals surface area contributed by atoms with E-state index in [0.29, 0.717) is 25.9 Å². The van der Waals surface area contributed by atoms with E-state index in [2.05, 4.69) is 5.32 Å². The minimum Gasteiger partial charge on any atom is -0.502 e. The van der Waals surface area contributed by atoms with E-state index in [4.69, 9.17) is 0 Å². The summed E-state index contributed by atoms with van der Waals surface area (Å²) in [5.74, 6) is -3.97. The number of aromatic hydroxyl groups is 1. The number of carbonyl (C=O) groups is 1. The second kappa shape index (κ2) is 6.66. The lowest BCUT2D eigenvalue weighted by molar-refractivity contribution is 0.0680. The number of aromatic nitrogens is 1. The fraction of sp³-hybridized carbons (Fsp3) is 0.524. The van der Waals surface area contributed by atoms with Crippen LogP contribution in [0.15, 0.2) is 4.79 Å². The number of aromatic carboxylic acids is 1. The van der Waals surface area contributed by atoms with Crippen molar-refractivity contribution in [2.45, 2.75) is 44.7 Å². The normalized spacial score (nSPS) is 23.8. The second-order valence-corrected chi connectivity index (χ2v) is 8.63. The molecule has 2 aromatic rings. The van der Waals surface area contributed by atoms with E-state index in [1.165, 1.54) is 11.5 Å². The molecule has 3 aliphatic rings. The molecule has 0 bridgehead atoms. The van der Waals surface area contributed by atoms with Crippen molar-refractivity contribution in [1.82, 2.24) is 9.88 Å². The van der Waals surface area contributed by atoms with Crippen LogP contribution in [-0.2, 0) is 0 Å². The van der Waals surface area contributed by atoms with Gasteiger partial charge in [-0.15, -0.1) is 0 Å². The van der Waals surface area contributed by atoms with Gasteiger partial charge in [0.25, 0.3) is 0 Å². The maximum atomic E-state index is 15.9. The molecule has 1 aromatic carbocycles. The molecule has 2 unspecified atom stereocenters. The van der Waals surface area contributed by atoms with Gasteiger partial charge < -0.3 is 25.0 Å². The van der Waals surface area contributed by atoms with Crippen molar-refractivity contribution >= 4 is 22.6 Å². The Kier molecular flexibility index (Phi) is 4.29. The monoisotopic (exact) mass is 419 g/mol. The highest BCUT2D eigenvalue weighted by Gasteiger charge is 2.40. The van der Waals surface area contributed by atoms with E-state index in [0.717, 1.165) is 19.4 Å². The number of carboxylic acid groups (broad SMARTS) is 1. The molecule has 2 atom stereocenters. The number of nitrogens with zero attached hydrogens (tertiary/aromatic N) is 2. The largest absolute Gasteiger partial charge is 0.502 e. The van der Waals surface area contributed by atoms with Gasteiger partial charge in [-0.2, -0.15) is 0 Å². The van der Waals surface area contributed by atoms with Gasteiger partial charge in [0, 0.05) is 30.7 Å². The number of benzene rings is 1. The zero-order valence-corrected chi connectivity index (χ0v) is 16.5. The number of aryl methyl sites for hydroxylation is 1. The topological polar surface area (TPSA) is 94.8 Å². The lowest BCUT2D eigenvalue weighted by Gasteiger charge is -2.24. The van der Waals surface area contributed by atoms with E-state index in [9.17, 15) is 19.8 Å². The Morgan fingerprint density at radius 3 is 2.53 bits per heavy atom. The SMILES string of the molecule is Cc1c(F)c(N2CC3CCCNC3C2)c(F)c2c1c(=O)c(O)c(C(=O)O)n2C1CC1. The van der Waals surface area contributed by atoms with Gasteiger partial charge in [0.15, 0.2) is 23.1 Å². The van der Waals surface area contributed by atoms with E-state index in [1.807, 2.05) is 0 Å². The average Bonchev–Trinajstić information content (AvgIpc) is 3.46. The van der Waals surface area contributed by atoms with Gasteiger partial charge in [0.05, 0.1) is 10.9 Å². The van der Waals surface area contributed by atoms with Crippen LogP contribution in [0, 0.1) is 24.5 Å². The first kappa shape index (κ1) is 19.3. The highest BCUT2D eigenvalue weighted by Crippen LogP contribution is 2.44. The number of carboxylic acids is 1. The molecule has 3 fully saturated rings. The Labute approximate surface area is 170 Å². The molecule has 3 N–H and O–H groups in total. The third-order valence-corrected chi connectivity index (χ3v) is 6.74. The standard InChI is InChI=1S/C21H23F2N3O4/c1-9-13-16(26(11-4-5-11)18(21(29)30)20(28)19(13)27)15(23)17(14(9)22)25-7-10-3-2-6-24-12(10)8-25/h10-12,24,28H,2-8H2,1H3,(H,29,30). The van der Waals surface area contributed by atoms with Gasteiger partial charge in [-0.1, -0.05) is 0 Å². The average molecular weight is 419 g/mol. The second-order valence-electron chi connectivity index (χ2n) is 8.63. The van der Waals surface area contributed by atoms with Crippen LogP contribution >= 0.6 is 0 Å². The highest BCUT2D eigenvalue weighted by molar-refractivity contribution is 5.96. The summed E-state index contributed by atoms with van der Waals surface area (Å²) >= 11 is 0. The third-order valence-electron chi connectivity index (χ3n) is 6.74. The molecule has 2 aliphatic heterocycles. The Morgan fingerprint density at radius 2 is 1.90 bits per heavy atom. The number of nitrogens with one attached hydrogen (secondary N) is 1. The lowest BCUT2D eigenvalue weighted by atomic mass is 9.94. The summed E-state index contributed by atoms with van der Waals surface area (Å²) < 4.78 is 32.5. The molecule has 0 spiro atoms. The zero-order valence-electron chi connectivity index (χ0n) is 16.5. The zero-order chi connectivity index (χ0) is 21.3. The maximum Gasteiger partial charge on any atom is 0.356 e. The molecule has 0 amide bonds. The van der Waals surface area contributed by atoms with E-state index < -0.39 is 34.5 Å². The number of pyridine rings is 1. The first-order valence-corrected chi connectivity index (χ1v) is 10.3. The first-order chi connectivity index (χ1) is 14.3. The van der Waals surface area contributed by atoms with Gasteiger partial charge in [0.2, 0.25) is 5.43 Å². The lowest BCUT2D eigenvalue weighted by Crippen LogP contribution is -2.40. The molecular weight excluding hydrogens is 396 g/mol. The molecule has 1 aliphatic carbocycles. The van der Waals surface area contributed by atoms with Crippen LogP contribution in [-0.4, -0.2) is 46.4 Å². The van der Waals surface area contributed by atoms with Crippen molar-refractivity contribution in [2.24, 2.45) is 5.92 Å². The summed E-state index contributed by atoms with van der Waals surface area (Å²) in [6.07, 6.45) is 3.19. The van der Waals surface area contributed by atoms with Crippen LogP contribution in [0.2, 0.25) is 0 Å². The first-order valence-electron chi connectivity index (χ1n) is 10.3. The van der Waals surface area contributed by atoms with Crippen LogP contribution in [0.3, 0.4) is 0 Å². The third kappa shape index (κ3) is 2.64. The number of rotatable bonds is 3. The predicted molar refractivity (Wildman–Crippen MR) is 106 cm³/mol. The molecule has 9 heteroatoms. The van der Waals surface area contributed by atoms with Crippen LogP contribution in [0.25, 0.3) is 10.9 Å². The Morgan fingerprint density at radius 1 is 1.17 bits per heavy atom. The fourth-order valence-electron chi connectivity index (χ4n) is 5.15. The van der Waals surface area contributed by atoms with Crippen molar-refractivity contribution < 1.29 is 23.8 Å². The van der Waals surface area contributed by atoms with Crippen LogP contribution < -0.4 is 15.6 Å². The molecule has 2 saturated heterocycles. The summed E-state index contributed by atoms with van der Waals surface area (Å²) in [5.41, 5.74) is -2.21. The van der Waals surface area contributed by atoms with Crippen molar-refractivity contribution in [3.63, 3.8) is 0 Å². The minimum atomic E-state index is -1.52. The number of halogens is 2. The van der Waals surface area contributed by atoms with Gasteiger partial charge in [-0.3, -0.25) is 4.79 Å². The summed E-state index contributed by atoms with van der Waals surface area (Å²) in [6, 6.07) is -0.200. The Hall–Kier alpha value is -2.68. The summed E-state index contributed by atoms with van der Waals surface area (Å²) in [7, 11) is 0. The van der Waals surface area contributed by atoms with Crippen molar-refractivity contribution in [1.29, 1.82) is 0 Å². The molecule has 5 rings (SSSR count). The van der Waals surface area contributed by atoms with Crippen LogP contribution in [0.4, 0.5) is 14.5 Å². The smallest absolute Gasteiger partial charge is 0.356 e. The highest BCUT2D eigenvalue weighted by atomic mass is 19.1. The minimum absolute atomic E-state index is 0.0733. The number of piperidine rings is 1. The Bertz CT molecular complexity index is 1130. The number of hydrogen-bond donors (Lipinski definition) is 3. The van der Waals surface area contributed by atoms with Crippen molar-refractivity contribution in [3.8, 4) is 5.75 Å². The van der Waals surface area contributed by atoms with Gasteiger partial charge in [-0.05, 0) is 45.1 Å². The quantitative estimate of drug-likeness (QED) is 0.708. The molecule has 30 heavy (non-hydrogen) atoms. The Balaban J connectivity index is 1.80. The van der Waals surface area contributed by atoms with Crippen LogP contribution in [0.1, 0.15) is 47.8 Å². The molecule has 160 valence electrons. The molecular formula is C21H23F2N3O4. The van der Waals surface area contributed by atoms with E-state index >= 15 is 8.78 Å². The van der Waals surface area contributed by atoms with Gasteiger partial charge in [0.1, 0.15) is 5.69 Å². The van der Waals surface area contributed by atoms with E-state index in [-0.39, 0.29) is 40.2 Å². The van der Waals surface area contributed by atoms with Crippen molar-refractivity contribution in [2.75, 3.05) is 24.5 Å². The number of hydrogen-bond acceptors (Lipinski definition) is 5. The summed E-state index contributed by atoms with van der Waals surface area (Å²) in [4.78, 5) is 26.2. The molecule has 3 heterocycles. The summed E-state index contributed by atoms with van der Waals surface area (Å²) in [5, 5.41) is 23.0. The predicted octanol–water partition coefficient (Wildman–Crippen LogP) is 2.52. The number of fused-ring (bicyclic) bond motifs is 2. The molecule has 1 saturated carbocycles. The van der Waals surface area contributed by atoms with Crippen molar-refractivity contribution in [3.05, 3.63) is 33.1 Å². The summed E-state index contributed by atoms with van der Waals surface area (Å²) in [6.45, 7) is 3.19. The molecule has 7 nitrogen and oxygen atoms in total. The van der Waals surface area contributed by atoms with E-state index in [1.54, 1.807) is 4.90 Å². The molecule has 1 aromatic heterocycles. The van der Waals surface area contributed by atoms with Crippen LogP contribution in [0.5, 0.6) is 5.75 Å².